The van der Waals surface area contributed by atoms with E-state index in [0.29, 0.717) is 16.3 Å². The van der Waals surface area contributed by atoms with Crippen molar-refractivity contribution in [1.82, 2.24) is 0 Å². The van der Waals surface area contributed by atoms with Crippen LogP contribution in [0.2, 0.25) is 5.02 Å². The van der Waals surface area contributed by atoms with E-state index in [-0.39, 0.29) is 12.4 Å². The van der Waals surface area contributed by atoms with Crippen molar-refractivity contribution in [2.45, 2.75) is 6.42 Å². The van der Waals surface area contributed by atoms with Crippen LogP contribution < -0.4 is 4.74 Å². The number of carbonyl (C=O) groups excluding carboxylic acids is 1. The van der Waals surface area contributed by atoms with Crippen LogP contribution in [-0.2, 0) is 16.0 Å². The molecule has 0 aliphatic carbocycles. The summed E-state index contributed by atoms with van der Waals surface area (Å²) in [5.74, 6) is 0.263. The average molecular weight is 215 g/mol. The third-order valence-electron chi connectivity index (χ3n) is 1.84. The highest BCUT2D eigenvalue weighted by Crippen LogP contribution is 2.26. The lowest BCUT2D eigenvalue weighted by Crippen LogP contribution is -2.06. The minimum absolute atomic E-state index is 0.124. The van der Waals surface area contributed by atoms with Crippen LogP contribution in [0.1, 0.15) is 5.56 Å². The summed E-state index contributed by atoms with van der Waals surface area (Å²) in [6.45, 7) is 0. The highest BCUT2D eigenvalue weighted by Gasteiger charge is 2.11. The molecule has 1 rings (SSSR count). The van der Waals surface area contributed by atoms with Gasteiger partial charge in [-0.3, -0.25) is 4.79 Å². The third kappa shape index (κ3) is 2.39. The van der Waals surface area contributed by atoms with E-state index < -0.39 is 0 Å². The molecule has 0 saturated carbocycles. The van der Waals surface area contributed by atoms with Crippen LogP contribution in [0.5, 0.6) is 5.75 Å². The minimum atomic E-state index is -0.337. The van der Waals surface area contributed by atoms with Crippen LogP contribution in [-0.4, -0.2) is 20.2 Å². The zero-order chi connectivity index (χ0) is 10.6. The summed E-state index contributed by atoms with van der Waals surface area (Å²) in [5.41, 5.74) is 0.656. The predicted octanol–water partition coefficient (Wildman–Crippen LogP) is 2.06. The number of hydrogen-bond donors (Lipinski definition) is 0. The van der Waals surface area contributed by atoms with Gasteiger partial charge in [-0.25, -0.2) is 0 Å². The van der Waals surface area contributed by atoms with Gasteiger partial charge in [-0.1, -0.05) is 17.7 Å². The fraction of sp³-hybridized carbons (Fsp3) is 0.300. The van der Waals surface area contributed by atoms with E-state index in [1.165, 1.54) is 14.2 Å². The van der Waals surface area contributed by atoms with Gasteiger partial charge in [0.2, 0.25) is 0 Å². The number of esters is 1. The highest BCUT2D eigenvalue weighted by atomic mass is 35.5. The molecule has 0 spiro atoms. The topological polar surface area (TPSA) is 35.5 Å². The number of methoxy groups -OCH3 is 2. The Morgan fingerprint density at radius 3 is 2.71 bits per heavy atom. The second-order valence-corrected chi connectivity index (χ2v) is 3.08. The van der Waals surface area contributed by atoms with E-state index in [9.17, 15) is 4.79 Å². The van der Waals surface area contributed by atoms with Crippen molar-refractivity contribution in [2.24, 2.45) is 0 Å². The van der Waals surface area contributed by atoms with Gasteiger partial charge in [0, 0.05) is 10.6 Å². The molecule has 14 heavy (non-hydrogen) atoms. The Bertz CT molecular complexity index is 336. The largest absolute Gasteiger partial charge is 0.496 e. The Morgan fingerprint density at radius 2 is 2.14 bits per heavy atom. The van der Waals surface area contributed by atoms with Gasteiger partial charge in [-0.15, -0.1) is 0 Å². The van der Waals surface area contributed by atoms with E-state index >= 15 is 0 Å². The number of ether oxygens (including phenoxy) is 2. The Morgan fingerprint density at radius 1 is 1.43 bits per heavy atom. The molecule has 3 nitrogen and oxygen atoms in total. The minimum Gasteiger partial charge on any atom is -0.496 e. The smallest absolute Gasteiger partial charge is 0.310 e. The van der Waals surface area contributed by atoms with Crippen LogP contribution in [0, 0.1) is 0 Å². The molecule has 0 aliphatic heterocycles. The molecule has 1 aromatic rings. The maximum atomic E-state index is 11.1. The second kappa shape index (κ2) is 4.86. The van der Waals surface area contributed by atoms with Gasteiger partial charge in [-0.05, 0) is 12.1 Å². The molecular weight excluding hydrogens is 204 g/mol. The summed E-state index contributed by atoms with van der Waals surface area (Å²) in [6.07, 6.45) is 0.124. The first-order valence-electron chi connectivity index (χ1n) is 4.07. The van der Waals surface area contributed by atoms with Crippen LogP contribution in [0.25, 0.3) is 0 Å². The van der Waals surface area contributed by atoms with Crippen molar-refractivity contribution in [2.75, 3.05) is 14.2 Å². The number of rotatable bonds is 3. The van der Waals surface area contributed by atoms with E-state index in [0.717, 1.165) is 0 Å². The van der Waals surface area contributed by atoms with Gasteiger partial charge in [0.25, 0.3) is 0 Å². The quantitative estimate of drug-likeness (QED) is 0.723. The number of halogens is 1. The second-order valence-electron chi connectivity index (χ2n) is 2.67. The molecule has 1 aromatic carbocycles. The SMILES string of the molecule is COC(=O)Cc1c(Cl)cccc1OC. The van der Waals surface area contributed by atoms with E-state index in [4.69, 9.17) is 16.3 Å². The van der Waals surface area contributed by atoms with Crippen molar-refractivity contribution >= 4 is 17.6 Å². The predicted molar refractivity (Wildman–Crippen MR) is 53.7 cm³/mol. The van der Waals surface area contributed by atoms with Crippen LogP contribution >= 0.6 is 11.6 Å². The molecule has 0 amide bonds. The maximum absolute atomic E-state index is 11.1. The van der Waals surface area contributed by atoms with E-state index in [1.807, 2.05) is 0 Å². The molecule has 0 saturated heterocycles. The highest BCUT2D eigenvalue weighted by molar-refractivity contribution is 6.31. The fourth-order valence-electron chi connectivity index (χ4n) is 1.12. The Balaban J connectivity index is 2.98. The van der Waals surface area contributed by atoms with E-state index in [2.05, 4.69) is 4.74 Å². The zero-order valence-corrected chi connectivity index (χ0v) is 8.80. The molecule has 0 radical (unpaired) electrons. The van der Waals surface area contributed by atoms with Gasteiger partial charge in [0.05, 0.1) is 20.6 Å². The first kappa shape index (κ1) is 10.9. The summed E-state index contributed by atoms with van der Waals surface area (Å²) < 4.78 is 9.63. The third-order valence-corrected chi connectivity index (χ3v) is 2.20. The number of benzene rings is 1. The summed E-state index contributed by atoms with van der Waals surface area (Å²) in [6, 6.07) is 5.23. The Kier molecular flexibility index (Phi) is 3.77. The molecule has 0 heterocycles. The number of hydrogen-bond acceptors (Lipinski definition) is 3. The number of carbonyl (C=O) groups is 1. The molecular formula is C10H11ClO3. The normalized spacial score (nSPS) is 9.64. The zero-order valence-electron chi connectivity index (χ0n) is 8.04. The monoisotopic (exact) mass is 214 g/mol. The first-order chi connectivity index (χ1) is 6.69. The van der Waals surface area contributed by atoms with Crippen molar-refractivity contribution in [1.29, 1.82) is 0 Å². The van der Waals surface area contributed by atoms with Crippen molar-refractivity contribution < 1.29 is 14.3 Å². The van der Waals surface area contributed by atoms with E-state index in [1.54, 1.807) is 18.2 Å². The van der Waals surface area contributed by atoms with Crippen molar-refractivity contribution in [3.63, 3.8) is 0 Å². The van der Waals surface area contributed by atoms with Gasteiger partial charge in [-0.2, -0.15) is 0 Å². The van der Waals surface area contributed by atoms with Crippen LogP contribution in [0.3, 0.4) is 0 Å². The van der Waals surface area contributed by atoms with Gasteiger partial charge in [0.15, 0.2) is 0 Å². The molecule has 4 heteroatoms. The standard InChI is InChI=1S/C10H11ClO3/c1-13-9-5-3-4-8(11)7(9)6-10(12)14-2/h3-5H,6H2,1-2H3. The van der Waals surface area contributed by atoms with Gasteiger partial charge in [0.1, 0.15) is 5.75 Å². The lowest BCUT2D eigenvalue weighted by atomic mass is 10.1. The van der Waals surface area contributed by atoms with Crippen LogP contribution in [0.4, 0.5) is 0 Å². The van der Waals surface area contributed by atoms with Gasteiger partial charge >= 0.3 is 5.97 Å². The van der Waals surface area contributed by atoms with Crippen molar-refractivity contribution in [3.8, 4) is 5.75 Å². The molecule has 76 valence electrons. The van der Waals surface area contributed by atoms with Crippen molar-refractivity contribution in [3.05, 3.63) is 28.8 Å². The summed E-state index contributed by atoms with van der Waals surface area (Å²) in [5, 5.41) is 0.509. The molecule has 0 N–H and O–H groups in total. The Hall–Kier alpha value is -1.22. The van der Waals surface area contributed by atoms with Crippen LogP contribution in [0.15, 0.2) is 18.2 Å². The Labute approximate surface area is 87.6 Å². The maximum Gasteiger partial charge on any atom is 0.310 e. The summed E-state index contributed by atoms with van der Waals surface area (Å²) >= 11 is 5.92. The molecule has 0 fully saturated rings. The average Bonchev–Trinajstić information content (AvgIpc) is 2.20. The molecule has 0 bridgehead atoms. The molecule has 0 unspecified atom stereocenters. The van der Waals surface area contributed by atoms with Gasteiger partial charge < -0.3 is 9.47 Å². The lowest BCUT2D eigenvalue weighted by Gasteiger charge is -2.08. The molecule has 0 atom stereocenters. The summed E-state index contributed by atoms with van der Waals surface area (Å²) in [7, 11) is 2.87. The molecule has 0 aromatic heterocycles. The first-order valence-corrected chi connectivity index (χ1v) is 4.45. The summed E-state index contributed by atoms with van der Waals surface area (Å²) in [4.78, 5) is 11.1. The molecule has 0 aliphatic rings. The fourth-order valence-corrected chi connectivity index (χ4v) is 1.35. The lowest BCUT2D eigenvalue weighted by molar-refractivity contribution is -0.139.